The third-order valence-electron chi connectivity index (χ3n) is 4.75. The lowest BCUT2D eigenvalue weighted by Crippen LogP contribution is -2.32. The standard InChI is InChI=1S/C18H17N7OS2/c19-9-13-6-2-5-12(21-13)8-14(26)22-18-25-24-16(28-18)11-4-1-3-10(7-11)15-23-17(20)27-15/h2,5-6,10-11,20H,1,3-4,7-8H2,(H,22,25,26)/p+1. The maximum absolute atomic E-state index is 12.3. The van der Waals surface area contributed by atoms with E-state index >= 15 is 0 Å². The van der Waals surface area contributed by atoms with Gasteiger partial charge in [0.15, 0.2) is 0 Å². The van der Waals surface area contributed by atoms with Crippen molar-refractivity contribution in [2.75, 3.05) is 5.32 Å². The van der Waals surface area contributed by atoms with Crippen LogP contribution in [-0.4, -0.2) is 31.3 Å². The first-order valence-electron chi connectivity index (χ1n) is 8.99. The summed E-state index contributed by atoms with van der Waals surface area (Å²) in [5.74, 6) is 0.551. The van der Waals surface area contributed by atoms with Gasteiger partial charge in [0.1, 0.15) is 16.8 Å². The fourth-order valence-electron chi connectivity index (χ4n) is 3.45. The van der Waals surface area contributed by atoms with Crippen LogP contribution in [0, 0.1) is 17.2 Å². The third kappa shape index (κ3) is 4.22. The maximum Gasteiger partial charge on any atom is 0.412 e. The van der Waals surface area contributed by atoms with E-state index in [9.17, 15) is 4.79 Å². The van der Waals surface area contributed by atoms with Crippen molar-refractivity contribution < 1.29 is 4.79 Å². The summed E-state index contributed by atoms with van der Waals surface area (Å²) in [7, 11) is 0. The molecule has 2 aromatic heterocycles. The largest absolute Gasteiger partial charge is 0.412 e. The van der Waals surface area contributed by atoms with Gasteiger partial charge in [-0.1, -0.05) is 23.8 Å². The van der Waals surface area contributed by atoms with Gasteiger partial charge in [0.2, 0.25) is 11.0 Å². The van der Waals surface area contributed by atoms with Crippen LogP contribution in [0.3, 0.4) is 0 Å². The summed E-state index contributed by atoms with van der Waals surface area (Å²) in [4.78, 5) is 16.4. The zero-order chi connectivity index (χ0) is 19.5. The van der Waals surface area contributed by atoms with Gasteiger partial charge in [-0.25, -0.2) is 4.98 Å². The molecular formula is C18H18N7OS2+. The number of nitrogens with two attached hydrogens (primary N) is 1. The number of amides is 1. The molecule has 0 spiro atoms. The van der Waals surface area contributed by atoms with Gasteiger partial charge >= 0.3 is 5.17 Å². The summed E-state index contributed by atoms with van der Waals surface area (Å²) in [6, 6.07) is 7.01. The molecule has 3 heterocycles. The van der Waals surface area contributed by atoms with Crippen molar-refractivity contribution in [3.63, 3.8) is 0 Å². The van der Waals surface area contributed by atoms with Gasteiger partial charge in [-0.2, -0.15) is 9.93 Å². The van der Waals surface area contributed by atoms with Crippen molar-refractivity contribution in [3.05, 3.63) is 34.6 Å². The van der Waals surface area contributed by atoms with Crippen molar-refractivity contribution in [2.24, 2.45) is 11.7 Å². The van der Waals surface area contributed by atoms with Crippen LogP contribution in [0.4, 0.5) is 5.13 Å². The molecule has 2 aliphatic rings. The molecule has 2 atom stereocenters. The number of carbonyl (C=O) groups excluding carboxylic acids is 1. The predicted octanol–water partition coefficient (Wildman–Crippen LogP) is 1.79. The van der Waals surface area contributed by atoms with Gasteiger partial charge in [0.05, 0.1) is 23.9 Å². The van der Waals surface area contributed by atoms with E-state index in [2.05, 4.69) is 25.2 Å². The Bertz CT molecular complexity index is 1020. The lowest BCUT2D eigenvalue weighted by molar-refractivity contribution is -0.115. The highest BCUT2D eigenvalue weighted by Crippen LogP contribution is 2.40. The van der Waals surface area contributed by atoms with E-state index in [0.29, 0.717) is 33.5 Å². The summed E-state index contributed by atoms with van der Waals surface area (Å²) >= 11 is 3.00. The number of nitrogens with one attached hydrogen (secondary N) is 1. The second kappa shape index (κ2) is 8.10. The minimum Gasteiger partial charge on any atom is -0.300 e. The molecule has 1 aliphatic heterocycles. The molecule has 1 aliphatic carbocycles. The van der Waals surface area contributed by atoms with Gasteiger partial charge in [-0.05, 0) is 31.4 Å². The Balaban J connectivity index is 1.37. The van der Waals surface area contributed by atoms with Gasteiger partial charge < -0.3 is 5.32 Å². The fourth-order valence-corrected chi connectivity index (χ4v) is 5.11. The van der Waals surface area contributed by atoms with E-state index in [4.69, 9.17) is 11.0 Å². The second-order valence-electron chi connectivity index (χ2n) is 6.75. The zero-order valence-electron chi connectivity index (χ0n) is 15.0. The third-order valence-corrected chi connectivity index (χ3v) is 6.69. The van der Waals surface area contributed by atoms with Crippen molar-refractivity contribution in [1.29, 1.82) is 5.26 Å². The van der Waals surface area contributed by atoms with Crippen LogP contribution in [0.5, 0.6) is 0 Å². The number of pyridine rings is 1. The molecule has 0 saturated heterocycles. The Labute approximate surface area is 170 Å². The molecule has 1 saturated carbocycles. The first-order chi connectivity index (χ1) is 13.6. The van der Waals surface area contributed by atoms with Gasteiger partial charge in [-0.15, -0.1) is 10.2 Å². The normalized spacial score (nSPS) is 21.1. The van der Waals surface area contributed by atoms with E-state index in [1.165, 1.54) is 11.3 Å². The van der Waals surface area contributed by atoms with Gasteiger partial charge in [0, 0.05) is 11.8 Å². The topological polar surface area (TPSA) is 132 Å². The average Bonchev–Trinajstić information content (AvgIpc) is 3.14. The van der Waals surface area contributed by atoms with Crippen molar-refractivity contribution in [1.82, 2.24) is 19.8 Å². The number of hydrogen-bond acceptors (Lipinski definition) is 8. The second-order valence-corrected chi connectivity index (χ2v) is 8.80. The lowest BCUT2D eigenvalue weighted by atomic mass is 9.82. The highest BCUT2D eigenvalue weighted by atomic mass is 32.2. The molecule has 2 aromatic rings. The molecule has 8 nitrogen and oxygen atoms in total. The summed E-state index contributed by atoms with van der Waals surface area (Å²) in [5.41, 5.74) is 6.50. The smallest absolute Gasteiger partial charge is 0.300 e. The molecule has 142 valence electrons. The quantitative estimate of drug-likeness (QED) is 0.716. The maximum atomic E-state index is 12.3. The van der Waals surface area contributed by atoms with Crippen LogP contribution in [0.25, 0.3) is 0 Å². The fraction of sp³-hybridized carbons (Fsp3) is 0.389. The monoisotopic (exact) mass is 412 g/mol. The Hall–Kier alpha value is -2.73. The van der Waals surface area contributed by atoms with E-state index in [1.807, 2.05) is 6.07 Å². The molecule has 0 bridgehead atoms. The summed E-state index contributed by atoms with van der Waals surface area (Å²) in [5, 5.41) is 23.3. The minimum absolute atomic E-state index is 0.0882. The summed E-state index contributed by atoms with van der Waals surface area (Å²) in [6.07, 6.45) is 4.41. The van der Waals surface area contributed by atoms with Crippen LogP contribution in [0.1, 0.15) is 48.0 Å². The number of aromatic nitrogens is 3. The lowest BCUT2D eigenvalue weighted by Gasteiger charge is -2.26. The van der Waals surface area contributed by atoms with Crippen molar-refractivity contribution >= 4 is 44.3 Å². The molecule has 0 aromatic carbocycles. The summed E-state index contributed by atoms with van der Waals surface area (Å²) < 4.78 is 4.33. The molecule has 2 unspecified atom stereocenters. The molecule has 1 fully saturated rings. The van der Waals surface area contributed by atoms with Gasteiger partial charge in [-0.3, -0.25) is 10.5 Å². The van der Waals surface area contributed by atoms with E-state index in [-0.39, 0.29) is 12.3 Å². The molecule has 1 amide bonds. The van der Waals surface area contributed by atoms with Crippen molar-refractivity contribution in [3.8, 4) is 6.07 Å². The zero-order valence-corrected chi connectivity index (χ0v) is 16.6. The first kappa shape index (κ1) is 18.6. The van der Waals surface area contributed by atoms with Crippen LogP contribution < -0.4 is 15.7 Å². The number of hydrogen-bond donors (Lipinski definition) is 2. The van der Waals surface area contributed by atoms with Gasteiger partial charge in [0.25, 0.3) is 5.04 Å². The van der Waals surface area contributed by atoms with E-state index in [1.54, 1.807) is 30.0 Å². The van der Waals surface area contributed by atoms with Crippen LogP contribution >= 0.6 is 23.1 Å². The van der Waals surface area contributed by atoms with Crippen LogP contribution in [-0.2, 0) is 11.2 Å². The Morgan fingerprint density at radius 2 is 2.18 bits per heavy atom. The number of rotatable bonds is 5. The Morgan fingerprint density at radius 1 is 1.36 bits per heavy atom. The van der Waals surface area contributed by atoms with Crippen LogP contribution in [0.2, 0.25) is 0 Å². The number of nitrogens with zero attached hydrogens (tertiary/aromatic N) is 5. The van der Waals surface area contributed by atoms with Crippen molar-refractivity contribution in [2.45, 2.75) is 38.0 Å². The molecule has 3 N–H and O–H groups in total. The molecular weight excluding hydrogens is 394 g/mol. The number of carbonyl (C=O) groups is 1. The Morgan fingerprint density at radius 3 is 2.96 bits per heavy atom. The molecule has 10 heteroatoms. The number of thioether (sulfide) groups is 1. The number of amidine groups is 1. The molecule has 28 heavy (non-hydrogen) atoms. The highest BCUT2D eigenvalue weighted by molar-refractivity contribution is 8.27. The van der Waals surface area contributed by atoms with Crippen LogP contribution in [0.15, 0.2) is 18.2 Å². The minimum atomic E-state index is -0.224. The number of anilines is 1. The van der Waals surface area contributed by atoms with E-state index in [0.717, 1.165) is 35.7 Å². The molecule has 0 radical (unpaired) electrons. The predicted molar refractivity (Wildman–Crippen MR) is 110 cm³/mol. The number of nitriles is 1. The van der Waals surface area contributed by atoms with E-state index < -0.39 is 0 Å². The first-order valence-corrected chi connectivity index (χ1v) is 10.6. The Kier molecular flexibility index (Phi) is 5.39. The average molecular weight is 413 g/mol. The SMILES string of the molecule is N#Cc1cccc(CC(=O)Nc2nnc(C3CCCC(C4=[N+]=C(N)S4)C3)s2)n1. The molecule has 4 rings (SSSR count). The highest BCUT2D eigenvalue weighted by Gasteiger charge is 2.36. The summed E-state index contributed by atoms with van der Waals surface area (Å²) in [6.45, 7) is 0.